The lowest BCUT2D eigenvalue weighted by Crippen LogP contribution is -2.32. The molecule has 176 valence electrons. The van der Waals surface area contributed by atoms with E-state index in [1.54, 1.807) is 12.1 Å². The van der Waals surface area contributed by atoms with Gasteiger partial charge in [0.2, 0.25) is 0 Å². The normalized spacial score (nSPS) is 32.4. The third-order valence-electron chi connectivity index (χ3n) is 8.72. The molecule has 1 aromatic carbocycles. The first-order valence-electron chi connectivity index (χ1n) is 12.9. The lowest BCUT2D eigenvalue weighted by Gasteiger charge is -2.37. The fourth-order valence-electron chi connectivity index (χ4n) is 6.23. The number of aliphatic hydroxyl groups excluding tert-OH is 1. The number of hydrogen-bond donors (Lipinski definition) is 2. The van der Waals surface area contributed by atoms with E-state index in [-0.39, 0.29) is 17.8 Å². The SMILES string of the molecule is CC(CCC(CCC(C)C1CCC(C)(O)CC1)C1CCC(O)CC1)c1ccccc1F. The number of rotatable bonds is 9. The van der Waals surface area contributed by atoms with Crippen molar-refractivity contribution in [3.8, 4) is 0 Å². The van der Waals surface area contributed by atoms with E-state index in [1.165, 1.54) is 12.8 Å². The zero-order chi connectivity index (χ0) is 22.4. The lowest BCUT2D eigenvalue weighted by molar-refractivity contribution is -0.00117. The largest absolute Gasteiger partial charge is 0.393 e. The van der Waals surface area contributed by atoms with Gasteiger partial charge in [-0.2, -0.15) is 0 Å². The highest BCUT2D eigenvalue weighted by Gasteiger charge is 2.32. The topological polar surface area (TPSA) is 40.5 Å². The molecule has 0 aromatic heterocycles. The highest BCUT2D eigenvalue weighted by Crippen LogP contribution is 2.41. The molecule has 3 atom stereocenters. The van der Waals surface area contributed by atoms with Crippen LogP contribution in [-0.4, -0.2) is 21.9 Å². The van der Waals surface area contributed by atoms with Gasteiger partial charge in [-0.25, -0.2) is 4.39 Å². The molecule has 0 bridgehead atoms. The van der Waals surface area contributed by atoms with Crippen LogP contribution >= 0.6 is 0 Å². The summed E-state index contributed by atoms with van der Waals surface area (Å²) in [5.74, 6) is 3.00. The Hall–Kier alpha value is -0.930. The molecule has 0 heterocycles. The van der Waals surface area contributed by atoms with E-state index in [0.717, 1.165) is 75.7 Å². The summed E-state index contributed by atoms with van der Waals surface area (Å²) in [5, 5.41) is 20.2. The molecule has 0 spiro atoms. The minimum absolute atomic E-state index is 0.0749. The van der Waals surface area contributed by atoms with E-state index in [9.17, 15) is 14.6 Å². The molecule has 0 radical (unpaired) electrons. The van der Waals surface area contributed by atoms with E-state index in [2.05, 4.69) is 13.8 Å². The van der Waals surface area contributed by atoms with E-state index < -0.39 is 5.60 Å². The molecule has 3 unspecified atom stereocenters. The Morgan fingerprint density at radius 2 is 1.52 bits per heavy atom. The van der Waals surface area contributed by atoms with Gasteiger partial charge in [0, 0.05) is 0 Å². The molecule has 1 aromatic rings. The summed E-state index contributed by atoms with van der Waals surface area (Å²) in [6, 6.07) is 7.23. The maximum absolute atomic E-state index is 14.2. The number of hydrogen-bond acceptors (Lipinski definition) is 2. The zero-order valence-corrected chi connectivity index (χ0v) is 20.0. The highest BCUT2D eigenvalue weighted by molar-refractivity contribution is 5.20. The summed E-state index contributed by atoms with van der Waals surface area (Å²) < 4.78 is 14.2. The van der Waals surface area contributed by atoms with Crippen molar-refractivity contribution in [1.29, 1.82) is 0 Å². The third-order valence-corrected chi connectivity index (χ3v) is 8.72. The van der Waals surface area contributed by atoms with E-state index in [1.807, 2.05) is 19.1 Å². The molecule has 3 rings (SSSR count). The van der Waals surface area contributed by atoms with Crippen molar-refractivity contribution >= 4 is 0 Å². The van der Waals surface area contributed by atoms with Crippen molar-refractivity contribution in [2.45, 2.75) is 115 Å². The fraction of sp³-hybridized carbons (Fsp3) is 0.786. The average Bonchev–Trinajstić information content (AvgIpc) is 2.74. The summed E-state index contributed by atoms with van der Waals surface area (Å²) in [4.78, 5) is 0. The summed E-state index contributed by atoms with van der Waals surface area (Å²) in [6.07, 6.45) is 12.9. The summed E-state index contributed by atoms with van der Waals surface area (Å²) in [7, 11) is 0. The van der Waals surface area contributed by atoms with Crippen molar-refractivity contribution < 1.29 is 14.6 Å². The van der Waals surface area contributed by atoms with Crippen LogP contribution in [0, 0.1) is 29.5 Å². The van der Waals surface area contributed by atoms with Crippen LogP contribution in [0.1, 0.15) is 109 Å². The van der Waals surface area contributed by atoms with Gasteiger partial charge in [0.05, 0.1) is 11.7 Å². The molecule has 31 heavy (non-hydrogen) atoms. The Kier molecular flexibility index (Phi) is 8.99. The molecule has 2 fully saturated rings. The van der Waals surface area contributed by atoms with Gasteiger partial charge >= 0.3 is 0 Å². The van der Waals surface area contributed by atoms with Crippen LogP contribution in [0.2, 0.25) is 0 Å². The first-order chi connectivity index (χ1) is 14.7. The van der Waals surface area contributed by atoms with Crippen LogP contribution in [0.15, 0.2) is 24.3 Å². The Morgan fingerprint density at radius 3 is 2.16 bits per heavy atom. The predicted molar refractivity (Wildman–Crippen MR) is 126 cm³/mol. The van der Waals surface area contributed by atoms with Crippen LogP contribution in [0.4, 0.5) is 4.39 Å². The minimum atomic E-state index is -0.454. The smallest absolute Gasteiger partial charge is 0.126 e. The monoisotopic (exact) mass is 432 g/mol. The second-order valence-electron chi connectivity index (χ2n) is 11.2. The van der Waals surface area contributed by atoms with Gasteiger partial charge in [0.1, 0.15) is 5.82 Å². The minimum Gasteiger partial charge on any atom is -0.393 e. The third kappa shape index (κ3) is 7.29. The maximum atomic E-state index is 14.2. The Labute approximate surface area is 189 Å². The standard InChI is InChI=1S/C28H45FO2/c1-20(22-16-18-28(3,31)19-17-22)8-10-23(24-12-14-25(30)15-13-24)11-9-21(2)26-6-4-5-7-27(26)29/h4-7,20-25,30-31H,8-19H2,1-3H3. The van der Waals surface area contributed by atoms with Crippen LogP contribution in [0.3, 0.4) is 0 Å². The fourth-order valence-corrected chi connectivity index (χ4v) is 6.23. The molecule has 0 saturated heterocycles. The van der Waals surface area contributed by atoms with Crippen LogP contribution in [-0.2, 0) is 0 Å². The van der Waals surface area contributed by atoms with Gasteiger partial charge in [-0.05, 0) is 119 Å². The van der Waals surface area contributed by atoms with Crippen molar-refractivity contribution in [2.24, 2.45) is 23.7 Å². The molecule has 3 heteroatoms. The summed E-state index contributed by atoms with van der Waals surface area (Å²) in [5.41, 5.74) is 0.396. The molecule has 2 nitrogen and oxygen atoms in total. The second kappa shape index (κ2) is 11.3. The molecular formula is C28H45FO2. The molecule has 2 saturated carbocycles. The van der Waals surface area contributed by atoms with Gasteiger partial charge in [-0.3, -0.25) is 0 Å². The van der Waals surface area contributed by atoms with Crippen LogP contribution in [0.25, 0.3) is 0 Å². The van der Waals surface area contributed by atoms with Gasteiger partial charge in [0.25, 0.3) is 0 Å². The maximum Gasteiger partial charge on any atom is 0.126 e. The highest BCUT2D eigenvalue weighted by atomic mass is 19.1. The van der Waals surface area contributed by atoms with E-state index >= 15 is 0 Å². The van der Waals surface area contributed by atoms with E-state index in [4.69, 9.17) is 0 Å². The van der Waals surface area contributed by atoms with Crippen molar-refractivity contribution in [3.05, 3.63) is 35.6 Å². The van der Waals surface area contributed by atoms with Crippen molar-refractivity contribution in [3.63, 3.8) is 0 Å². The average molecular weight is 433 g/mol. The van der Waals surface area contributed by atoms with Gasteiger partial charge in [-0.1, -0.05) is 38.5 Å². The van der Waals surface area contributed by atoms with Crippen LogP contribution < -0.4 is 0 Å². The quantitative estimate of drug-likeness (QED) is 0.432. The van der Waals surface area contributed by atoms with Gasteiger partial charge in [0.15, 0.2) is 0 Å². The van der Waals surface area contributed by atoms with Crippen molar-refractivity contribution in [1.82, 2.24) is 0 Å². The zero-order valence-electron chi connectivity index (χ0n) is 20.0. The van der Waals surface area contributed by atoms with E-state index in [0.29, 0.717) is 17.8 Å². The lowest BCUT2D eigenvalue weighted by atomic mass is 9.70. The molecule has 2 N–H and O–H groups in total. The van der Waals surface area contributed by atoms with Gasteiger partial charge < -0.3 is 10.2 Å². The first kappa shape index (κ1) is 24.7. The molecule has 2 aliphatic carbocycles. The summed E-state index contributed by atoms with van der Waals surface area (Å²) in [6.45, 7) is 6.56. The molecule has 0 aliphatic heterocycles. The predicted octanol–water partition coefficient (Wildman–Crippen LogP) is 7.23. The Morgan fingerprint density at radius 1 is 0.903 bits per heavy atom. The number of benzene rings is 1. The van der Waals surface area contributed by atoms with Gasteiger partial charge in [-0.15, -0.1) is 0 Å². The Balaban J connectivity index is 1.55. The Bertz CT molecular complexity index is 655. The number of aliphatic hydroxyl groups is 2. The van der Waals surface area contributed by atoms with Crippen molar-refractivity contribution in [2.75, 3.05) is 0 Å². The molecule has 0 amide bonds. The first-order valence-corrected chi connectivity index (χ1v) is 12.9. The molecule has 2 aliphatic rings. The molecular weight excluding hydrogens is 387 g/mol. The summed E-state index contributed by atoms with van der Waals surface area (Å²) >= 11 is 0. The van der Waals surface area contributed by atoms with Crippen LogP contribution in [0.5, 0.6) is 0 Å². The second-order valence-corrected chi connectivity index (χ2v) is 11.2. The number of halogens is 1.